The summed E-state index contributed by atoms with van der Waals surface area (Å²) in [7, 11) is 0. The van der Waals surface area contributed by atoms with Gasteiger partial charge in [-0.25, -0.2) is 9.97 Å². The number of aromatic nitrogens is 4. The van der Waals surface area contributed by atoms with Crippen LogP contribution in [0.2, 0.25) is 5.02 Å². The van der Waals surface area contributed by atoms with Crippen LogP contribution in [0.3, 0.4) is 0 Å². The number of anilines is 8. The molecule has 0 saturated carbocycles. The van der Waals surface area contributed by atoms with Crippen molar-refractivity contribution in [2.45, 2.75) is 86.0 Å². The fraction of sp³-hybridized carbons (Fsp3) is 0.134. The van der Waals surface area contributed by atoms with Gasteiger partial charge in [0.05, 0.1) is 27.8 Å². The average Bonchev–Trinajstić information content (AvgIpc) is 0.809. The van der Waals surface area contributed by atoms with Crippen molar-refractivity contribution in [3.8, 4) is 45.4 Å². The number of rotatable bonds is 16. The van der Waals surface area contributed by atoms with E-state index in [0.717, 1.165) is 91.7 Å². The zero-order valence-electron chi connectivity index (χ0n) is 61.4. The molecule has 0 atom stereocenters. The van der Waals surface area contributed by atoms with Crippen molar-refractivity contribution in [2.75, 3.05) is 19.6 Å². The molecular weight excluding hydrogens is 1360 g/mol. The quantitative estimate of drug-likeness (QED) is 0.0871. The van der Waals surface area contributed by atoms with E-state index in [4.69, 9.17) is 35.4 Å². The highest BCUT2D eigenvalue weighted by Gasteiger charge is 2.44. The SMILES string of the molecule is C.CC(C)(C)c1cc(N(Cc2ccccc2)c2ccc(-c3ccccn3)cc2)c(Cl)c(N(Cc2ccccc2)c2ccc(-c3nc4ccccc4o3)cc2)c1.CC(C)(C)c1cc2c3c(c1)N(Cc1ccccc1)c1ccc(-c4nc5ccccc5o4)cc1B3c1cc(-c3ccccn3)ccc1N2Cc1ccccc1. The lowest BCUT2D eigenvalue weighted by Crippen LogP contribution is -2.62. The van der Waals surface area contributed by atoms with Crippen molar-refractivity contribution < 1.29 is 8.83 Å². The number of hydrogen-bond acceptors (Lipinski definition) is 10. The van der Waals surface area contributed by atoms with E-state index in [1.165, 1.54) is 72.5 Å². The maximum Gasteiger partial charge on any atom is 0.252 e. The number of halogens is 1. The van der Waals surface area contributed by atoms with Gasteiger partial charge in [0.1, 0.15) is 11.0 Å². The minimum Gasteiger partial charge on any atom is -0.436 e. The van der Waals surface area contributed by atoms with Crippen LogP contribution in [0.25, 0.3) is 67.6 Å². The monoisotopic (exact) mass is 1440 g/mol. The van der Waals surface area contributed by atoms with Gasteiger partial charge < -0.3 is 28.4 Å². The Labute approximate surface area is 644 Å². The second-order valence-corrected chi connectivity index (χ2v) is 30.4. The zero-order valence-corrected chi connectivity index (χ0v) is 62.1. The van der Waals surface area contributed by atoms with Crippen LogP contribution >= 0.6 is 11.6 Å². The third-order valence-electron chi connectivity index (χ3n) is 20.7. The van der Waals surface area contributed by atoms with Gasteiger partial charge in [0.2, 0.25) is 11.8 Å². The van der Waals surface area contributed by atoms with Crippen LogP contribution < -0.4 is 36.0 Å². The molecule has 2 aliphatic rings. The standard InChI is InChI=1S/C48H39BN4O.C48H41ClN4O.CH4/c1-48(2,3)36-28-43-46-44(29-36)53(31-33-16-8-5-9-17-33)42-24-22-35(47-51-40-19-10-11-20-45(40)54-47)27-38(42)49(46)37-26-34(39-18-12-13-25-50-39)21-23-41(37)52(43)30-32-14-6-4-7-15-32;1-48(2,3)38-30-43(52(32-34-14-6-4-7-15-34)39-25-21-36(22-26-39)41-18-12-13-29-50-41)46(49)44(31-38)53(33-35-16-8-5-9-17-35)40-27-23-37(24-28-40)47-51-42-19-10-11-20-45(42)54-47;/h4-29H,30-31H2,1-3H3;4-31H,32-33H2,1-3H3;1H4. The van der Waals surface area contributed by atoms with E-state index in [0.29, 0.717) is 29.9 Å². The molecule has 534 valence electrons. The molecule has 12 aromatic carbocycles. The normalized spacial score (nSPS) is 12.2. The Hall–Kier alpha value is -12.6. The Morgan fingerprint density at radius 2 is 0.743 bits per heavy atom. The first-order valence-electron chi connectivity index (χ1n) is 37.0. The van der Waals surface area contributed by atoms with Gasteiger partial charge in [-0.15, -0.1) is 0 Å². The summed E-state index contributed by atoms with van der Waals surface area (Å²) < 4.78 is 12.5. The molecule has 10 nitrogen and oxygen atoms in total. The van der Waals surface area contributed by atoms with E-state index >= 15 is 0 Å². The molecule has 0 amide bonds. The number of para-hydroxylation sites is 4. The van der Waals surface area contributed by atoms with E-state index in [-0.39, 0.29) is 25.0 Å². The Kier molecular flexibility index (Phi) is 19.5. The van der Waals surface area contributed by atoms with Crippen LogP contribution in [0.5, 0.6) is 0 Å². The maximum atomic E-state index is 7.73. The molecule has 0 N–H and O–H groups in total. The van der Waals surface area contributed by atoms with Gasteiger partial charge in [0, 0.05) is 89.4 Å². The minimum atomic E-state index is -0.162. The highest BCUT2D eigenvalue weighted by atomic mass is 35.5. The third kappa shape index (κ3) is 14.5. The van der Waals surface area contributed by atoms with Crippen molar-refractivity contribution >= 4 is 102 Å². The van der Waals surface area contributed by atoms with Gasteiger partial charge in [-0.3, -0.25) is 9.97 Å². The van der Waals surface area contributed by atoms with E-state index in [1.807, 2.05) is 85.2 Å². The molecule has 4 aromatic heterocycles. The van der Waals surface area contributed by atoms with Gasteiger partial charge in [0.15, 0.2) is 11.2 Å². The lowest BCUT2D eigenvalue weighted by atomic mass is 9.33. The summed E-state index contributed by atoms with van der Waals surface area (Å²) in [5, 5.41) is 0.673. The summed E-state index contributed by atoms with van der Waals surface area (Å²) >= 11 is 7.73. The lowest BCUT2D eigenvalue weighted by Gasteiger charge is -2.45. The molecule has 0 saturated heterocycles. The molecule has 0 fully saturated rings. The van der Waals surface area contributed by atoms with E-state index in [9.17, 15) is 0 Å². The summed E-state index contributed by atoms with van der Waals surface area (Å²) in [6.07, 6.45) is 3.71. The summed E-state index contributed by atoms with van der Waals surface area (Å²) in [6.45, 7) is 16.4. The molecule has 12 heteroatoms. The molecule has 0 unspecified atom stereocenters. The second kappa shape index (κ2) is 30.0. The third-order valence-corrected chi connectivity index (χ3v) is 21.1. The number of benzene rings is 12. The Balaban J connectivity index is 0.000000164. The number of pyridine rings is 2. The Morgan fingerprint density at radius 1 is 0.367 bits per heavy atom. The number of hydrogen-bond donors (Lipinski definition) is 0. The van der Waals surface area contributed by atoms with Gasteiger partial charge in [0.25, 0.3) is 6.71 Å². The first kappa shape index (κ1) is 70.7. The first-order chi connectivity index (χ1) is 52.7. The molecule has 2 aliphatic heterocycles. The number of nitrogens with zero attached hydrogens (tertiary/aromatic N) is 8. The Bertz CT molecular complexity index is 5780. The van der Waals surface area contributed by atoms with Gasteiger partial charge in [-0.05, 0) is 194 Å². The lowest BCUT2D eigenvalue weighted by molar-refractivity contribution is 0.590. The van der Waals surface area contributed by atoms with Gasteiger partial charge in [-0.1, -0.05) is 249 Å². The molecule has 16 aromatic rings. The van der Waals surface area contributed by atoms with Crippen molar-refractivity contribution in [1.82, 2.24) is 19.9 Å². The van der Waals surface area contributed by atoms with E-state index < -0.39 is 0 Å². The van der Waals surface area contributed by atoms with Gasteiger partial charge >= 0.3 is 0 Å². The zero-order chi connectivity index (χ0) is 73.5. The summed E-state index contributed by atoms with van der Waals surface area (Å²) in [5.74, 6) is 1.23. The summed E-state index contributed by atoms with van der Waals surface area (Å²) in [6, 6.07) is 111. The summed E-state index contributed by atoms with van der Waals surface area (Å²) in [5.41, 5.74) is 29.0. The van der Waals surface area contributed by atoms with Crippen LogP contribution in [0.15, 0.2) is 337 Å². The summed E-state index contributed by atoms with van der Waals surface area (Å²) in [4.78, 5) is 28.8. The number of oxazole rings is 2. The van der Waals surface area contributed by atoms with Gasteiger partial charge in [-0.2, -0.15) is 0 Å². The van der Waals surface area contributed by atoms with Crippen LogP contribution in [0, 0.1) is 0 Å². The van der Waals surface area contributed by atoms with Crippen LogP contribution in [-0.2, 0) is 37.0 Å². The van der Waals surface area contributed by atoms with E-state index in [2.05, 4.69) is 309 Å². The molecular formula is C97H84BClN8O2. The maximum absolute atomic E-state index is 7.73. The minimum absolute atomic E-state index is 0. The molecule has 18 rings (SSSR count). The van der Waals surface area contributed by atoms with Crippen LogP contribution in [0.4, 0.5) is 45.5 Å². The van der Waals surface area contributed by atoms with E-state index in [1.54, 1.807) is 0 Å². The Morgan fingerprint density at radius 3 is 1.18 bits per heavy atom. The number of fused-ring (bicyclic) bond motifs is 6. The topological polar surface area (TPSA) is 90.8 Å². The average molecular weight is 1440 g/mol. The fourth-order valence-electron chi connectivity index (χ4n) is 15.0. The molecule has 0 bridgehead atoms. The molecule has 109 heavy (non-hydrogen) atoms. The van der Waals surface area contributed by atoms with Crippen molar-refractivity contribution in [3.63, 3.8) is 0 Å². The van der Waals surface area contributed by atoms with Crippen molar-refractivity contribution in [2.24, 2.45) is 0 Å². The van der Waals surface area contributed by atoms with Crippen molar-refractivity contribution in [1.29, 1.82) is 0 Å². The molecule has 0 spiro atoms. The molecule has 0 aliphatic carbocycles. The first-order valence-corrected chi connectivity index (χ1v) is 37.4. The molecule has 6 heterocycles. The predicted octanol–water partition coefficient (Wildman–Crippen LogP) is 23.5. The second-order valence-electron chi connectivity index (χ2n) is 30.0. The van der Waals surface area contributed by atoms with Crippen LogP contribution in [0.1, 0.15) is 82.3 Å². The fourth-order valence-corrected chi connectivity index (χ4v) is 15.3. The largest absolute Gasteiger partial charge is 0.436 e. The predicted molar refractivity (Wildman–Crippen MR) is 454 cm³/mol. The highest BCUT2D eigenvalue weighted by Crippen LogP contribution is 2.48. The smallest absolute Gasteiger partial charge is 0.252 e. The van der Waals surface area contributed by atoms with Crippen molar-refractivity contribution in [3.05, 3.63) is 366 Å². The molecule has 0 radical (unpaired) electrons. The van der Waals surface area contributed by atoms with Crippen LogP contribution in [-0.4, -0.2) is 26.6 Å². The highest BCUT2D eigenvalue weighted by molar-refractivity contribution is 7.00.